The van der Waals surface area contributed by atoms with Crippen molar-refractivity contribution in [1.29, 1.82) is 0 Å². The van der Waals surface area contributed by atoms with Gasteiger partial charge in [0.1, 0.15) is 11.6 Å². The summed E-state index contributed by atoms with van der Waals surface area (Å²) in [5.74, 6) is -1.95. The fourth-order valence-electron chi connectivity index (χ4n) is 1.81. The Morgan fingerprint density at radius 3 is 2.35 bits per heavy atom. The summed E-state index contributed by atoms with van der Waals surface area (Å²) in [5, 5.41) is 4.43. The normalized spacial score (nSPS) is 11.2. The van der Waals surface area contributed by atoms with Gasteiger partial charge in [0.15, 0.2) is 0 Å². The van der Waals surface area contributed by atoms with Gasteiger partial charge < -0.3 is 10.6 Å². The number of anilines is 1. The van der Waals surface area contributed by atoms with E-state index >= 15 is 0 Å². The molecule has 0 spiro atoms. The number of hydrogen-bond acceptors (Lipinski definition) is 1. The predicted molar refractivity (Wildman–Crippen MR) is 73.7 cm³/mol. The van der Waals surface area contributed by atoms with Gasteiger partial charge in [-0.1, -0.05) is 18.2 Å². The Labute approximate surface area is 128 Å². The molecule has 2 amide bonds. The van der Waals surface area contributed by atoms with Crippen LogP contribution in [0.4, 0.5) is 32.4 Å². The summed E-state index contributed by atoms with van der Waals surface area (Å²) in [6.45, 7) is -0.147. The molecule has 2 N–H and O–H groups in total. The number of amides is 2. The number of halogens is 5. The topological polar surface area (TPSA) is 41.1 Å². The largest absolute Gasteiger partial charge is 0.419 e. The fourth-order valence-corrected chi connectivity index (χ4v) is 1.81. The van der Waals surface area contributed by atoms with E-state index in [0.717, 1.165) is 6.07 Å². The lowest BCUT2D eigenvalue weighted by atomic mass is 10.2. The number of hydrogen-bond donors (Lipinski definition) is 2. The van der Waals surface area contributed by atoms with Gasteiger partial charge in [0.2, 0.25) is 0 Å². The molecule has 23 heavy (non-hydrogen) atoms. The van der Waals surface area contributed by atoms with Gasteiger partial charge in [-0.15, -0.1) is 0 Å². The molecule has 0 unspecified atom stereocenters. The minimum absolute atomic E-state index is 0.147. The van der Waals surface area contributed by atoms with Crippen LogP contribution in [0.5, 0.6) is 0 Å². The molecule has 0 aliphatic rings. The van der Waals surface area contributed by atoms with Crippen molar-refractivity contribution in [2.24, 2.45) is 0 Å². The molecule has 122 valence electrons. The zero-order chi connectivity index (χ0) is 17.0. The number of carbonyl (C=O) groups excluding carboxylic acids is 1. The van der Waals surface area contributed by atoms with Crippen molar-refractivity contribution in [3.63, 3.8) is 0 Å². The van der Waals surface area contributed by atoms with E-state index in [1.807, 2.05) is 0 Å². The second-order valence-electron chi connectivity index (χ2n) is 4.59. The highest BCUT2D eigenvalue weighted by molar-refractivity contribution is 5.89. The Morgan fingerprint density at radius 2 is 1.70 bits per heavy atom. The van der Waals surface area contributed by atoms with Crippen molar-refractivity contribution in [3.8, 4) is 0 Å². The van der Waals surface area contributed by atoms with Gasteiger partial charge in [-0.3, -0.25) is 0 Å². The smallest absolute Gasteiger partial charge is 0.334 e. The van der Waals surface area contributed by atoms with Crippen LogP contribution in [0.1, 0.15) is 11.1 Å². The van der Waals surface area contributed by atoms with Gasteiger partial charge in [0, 0.05) is 17.8 Å². The Balaban J connectivity index is 2.02. The van der Waals surface area contributed by atoms with Gasteiger partial charge in [0.05, 0.1) is 5.56 Å². The van der Waals surface area contributed by atoms with Crippen molar-refractivity contribution >= 4 is 11.7 Å². The maximum atomic E-state index is 13.4. The summed E-state index contributed by atoms with van der Waals surface area (Å²) in [5.41, 5.74) is -1.49. The Kier molecular flexibility index (Phi) is 4.83. The highest BCUT2D eigenvalue weighted by Gasteiger charge is 2.34. The standard InChI is InChI=1S/C15H11F5N2O/c16-12-4-2-1-3-9(12)8-21-14(23)22-10-5-6-13(17)11(7-10)15(18,19)20/h1-7H,8H2,(H2,21,22,23). The molecule has 0 radical (unpaired) electrons. The van der Waals surface area contributed by atoms with Crippen molar-refractivity contribution in [3.05, 3.63) is 65.2 Å². The minimum atomic E-state index is -4.87. The van der Waals surface area contributed by atoms with E-state index in [1.54, 1.807) is 6.07 Å². The van der Waals surface area contributed by atoms with Crippen LogP contribution in [-0.4, -0.2) is 6.03 Å². The van der Waals surface area contributed by atoms with Crippen LogP contribution in [0, 0.1) is 11.6 Å². The van der Waals surface area contributed by atoms with Crippen LogP contribution in [0.15, 0.2) is 42.5 Å². The van der Waals surface area contributed by atoms with Crippen molar-refractivity contribution in [2.45, 2.75) is 12.7 Å². The third kappa shape index (κ3) is 4.41. The molecule has 2 aromatic carbocycles. The fraction of sp³-hybridized carbons (Fsp3) is 0.133. The van der Waals surface area contributed by atoms with Crippen LogP contribution in [0.2, 0.25) is 0 Å². The number of nitrogens with one attached hydrogen (secondary N) is 2. The summed E-state index contributed by atoms with van der Waals surface area (Å²) in [7, 11) is 0. The Hall–Kier alpha value is -2.64. The van der Waals surface area contributed by atoms with E-state index in [-0.39, 0.29) is 17.8 Å². The summed E-state index contributed by atoms with van der Waals surface area (Å²) >= 11 is 0. The summed E-state index contributed by atoms with van der Waals surface area (Å²) in [6, 6.07) is 6.97. The van der Waals surface area contributed by atoms with Crippen LogP contribution in [0.3, 0.4) is 0 Å². The van der Waals surface area contributed by atoms with Crippen molar-refractivity contribution in [1.82, 2.24) is 5.32 Å². The van der Waals surface area contributed by atoms with Crippen LogP contribution in [0.25, 0.3) is 0 Å². The van der Waals surface area contributed by atoms with E-state index in [9.17, 15) is 26.7 Å². The third-order valence-electron chi connectivity index (χ3n) is 2.93. The zero-order valence-corrected chi connectivity index (χ0v) is 11.5. The lowest BCUT2D eigenvalue weighted by Gasteiger charge is -2.12. The highest BCUT2D eigenvalue weighted by atomic mass is 19.4. The second-order valence-corrected chi connectivity index (χ2v) is 4.59. The summed E-state index contributed by atoms with van der Waals surface area (Å²) in [4.78, 5) is 11.6. The number of carbonyl (C=O) groups is 1. The molecule has 0 fully saturated rings. The first-order valence-electron chi connectivity index (χ1n) is 6.42. The predicted octanol–water partition coefficient (Wildman–Crippen LogP) is 4.31. The molecule has 0 bridgehead atoms. The monoisotopic (exact) mass is 330 g/mol. The molecule has 0 heterocycles. The number of alkyl halides is 3. The molecule has 0 aromatic heterocycles. The van der Waals surface area contributed by atoms with Gasteiger partial charge in [-0.05, 0) is 24.3 Å². The van der Waals surface area contributed by atoms with Gasteiger partial charge in [-0.2, -0.15) is 13.2 Å². The van der Waals surface area contributed by atoms with E-state index in [4.69, 9.17) is 0 Å². The van der Waals surface area contributed by atoms with Crippen molar-refractivity contribution < 1.29 is 26.7 Å². The molecule has 2 rings (SSSR count). The van der Waals surface area contributed by atoms with Gasteiger partial charge >= 0.3 is 12.2 Å². The van der Waals surface area contributed by atoms with Gasteiger partial charge in [0.25, 0.3) is 0 Å². The van der Waals surface area contributed by atoms with E-state index in [0.29, 0.717) is 12.1 Å². The van der Waals surface area contributed by atoms with Crippen LogP contribution >= 0.6 is 0 Å². The Morgan fingerprint density at radius 1 is 1.00 bits per heavy atom. The van der Waals surface area contributed by atoms with E-state index in [1.165, 1.54) is 18.2 Å². The molecule has 8 heteroatoms. The first-order chi connectivity index (χ1) is 10.8. The van der Waals surface area contributed by atoms with Crippen molar-refractivity contribution in [2.75, 3.05) is 5.32 Å². The second kappa shape index (κ2) is 6.64. The van der Waals surface area contributed by atoms with Crippen LogP contribution in [-0.2, 0) is 12.7 Å². The number of rotatable bonds is 3. The molecular weight excluding hydrogens is 319 g/mol. The maximum absolute atomic E-state index is 13.4. The zero-order valence-electron chi connectivity index (χ0n) is 11.5. The molecule has 0 atom stereocenters. The van der Waals surface area contributed by atoms with E-state index < -0.39 is 29.4 Å². The molecule has 0 aliphatic carbocycles. The molecule has 0 saturated heterocycles. The number of urea groups is 1. The summed E-state index contributed by atoms with van der Waals surface area (Å²) in [6.07, 6.45) is -4.87. The molecule has 0 aliphatic heterocycles. The molecule has 3 nitrogen and oxygen atoms in total. The maximum Gasteiger partial charge on any atom is 0.419 e. The Bertz CT molecular complexity index is 715. The molecular formula is C15H11F5N2O. The first-order valence-corrected chi connectivity index (χ1v) is 6.42. The average molecular weight is 330 g/mol. The highest BCUT2D eigenvalue weighted by Crippen LogP contribution is 2.32. The average Bonchev–Trinajstić information content (AvgIpc) is 2.47. The lowest BCUT2D eigenvalue weighted by molar-refractivity contribution is -0.139. The first kappa shape index (κ1) is 16.7. The lowest BCUT2D eigenvalue weighted by Crippen LogP contribution is -2.28. The molecule has 0 saturated carbocycles. The quantitative estimate of drug-likeness (QED) is 0.809. The number of benzene rings is 2. The van der Waals surface area contributed by atoms with Gasteiger partial charge in [-0.25, -0.2) is 13.6 Å². The minimum Gasteiger partial charge on any atom is -0.334 e. The summed E-state index contributed by atoms with van der Waals surface area (Å²) < 4.78 is 64.2. The van der Waals surface area contributed by atoms with Crippen LogP contribution < -0.4 is 10.6 Å². The SMILES string of the molecule is O=C(NCc1ccccc1F)Nc1ccc(F)c(C(F)(F)F)c1. The molecule has 2 aromatic rings. The third-order valence-corrected chi connectivity index (χ3v) is 2.93. The van der Waals surface area contributed by atoms with E-state index in [2.05, 4.69) is 10.6 Å².